The highest BCUT2D eigenvalue weighted by atomic mass is 16.3. The molecule has 2 N–H and O–H groups in total. The summed E-state index contributed by atoms with van der Waals surface area (Å²) in [6.07, 6.45) is 4.39. The van der Waals surface area contributed by atoms with Crippen molar-refractivity contribution in [1.82, 2.24) is 0 Å². The van der Waals surface area contributed by atoms with Crippen molar-refractivity contribution in [3.63, 3.8) is 0 Å². The summed E-state index contributed by atoms with van der Waals surface area (Å²) in [6, 6.07) is 12.8. The normalized spacial score (nSPS) is 15.6. The second-order valence-electron chi connectivity index (χ2n) is 20.2. The van der Waals surface area contributed by atoms with Gasteiger partial charge in [-0.1, -0.05) is 121 Å². The number of hydrogen-bond donors (Lipinski definition) is 2. The van der Waals surface area contributed by atoms with E-state index in [1.54, 1.807) is 0 Å². The predicted octanol–water partition coefficient (Wildman–Crippen LogP) is 14.1. The number of benzene rings is 3. The van der Waals surface area contributed by atoms with E-state index < -0.39 is 0 Å². The first-order valence-corrected chi connectivity index (χ1v) is 19.4. The van der Waals surface area contributed by atoms with Crippen molar-refractivity contribution < 1.29 is 10.2 Å². The quantitative estimate of drug-likeness (QED) is 0.223. The number of rotatable bonds is 10. The van der Waals surface area contributed by atoms with Gasteiger partial charge < -0.3 is 10.2 Å². The SMILES string of the molecule is Cc1c(C)c(C(CCC(C)C(C)(C)C)c2ccc(O)c(C(C)(C)C)c2)c(C)c(C)c1C(CCC(C)C(C)(C)C)c1ccc(O)c(C(C)(C)C)c1. The number of hydrogen-bond acceptors (Lipinski definition) is 2. The lowest BCUT2D eigenvalue weighted by Crippen LogP contribution is -2.21. The maximum atomic E-state index is 11.0. The minimum Gasteiger partial charge on any atom is -0.508 e. The fraction of sp³-hybridized carbons (Fsp3) is 0.625. The lowest BCUT2D eigenvalue weighted by atomic mass is 9.70. The average molecular weight is 683 g/mol. The van der Waals surface area contributed by atoms with Crippen molar-refractivity contribution in [3.05, 3.63) is 92.0 Å². The van der Waals surface area contributed by atoms with Crippen LogP contribution in [0.25, 0.3) is 0 Å². The second kappa shape index (κ2) is 15.1. The second-order valence-corrected chi connectivity index (χ2v) is 20.2. The fourth-order valence-electron chi connectivity index (χ4n) is 7.81. The first-order valence-electron chi connectivity index (χ1n) is 19.4. The number of phenolic OH excluding ortho intramolecular Hbond substituents is 2. The third-order valence-electron chi connectivity index (χ3n) is 12.6. The maximum absolute atomic E-state index is 11.0. The summed E-state index contributed by atoms with van der Waals surface area (Å²) < 4.78 is 0. The van der Waals surface area contributed by atoms with Crippen molar-refractivity contribution in [1.29, 1.82) is 0 Å². The van der Waals surface area contributed by atoms with E-state index >= 15 is 0 Å². The van der Waals surface area contributed by atoms with Crippen molar-refractivity contribution >= 4 is 0 Å². The standard InChI is InChI=1S/C48H74O2/c1-29(45(7,8)9)19-23-37(35-21-25-41(49)39(27-35)47(13,14)15)43-31(3)33(5)44(34(6)32(43)4)38(24-20-30(2)46(10,11)12)36-22-26-42(50)40(28-36)48(16,17)18/h21-22,25-30,37-38,49-50H,19-20,23-24H2,1-18H3. The largest absolute Gasteiger partial charge is 0.508 e. The van der Waals surface area contributed by atoms with Crippen molar-refractivity contribution in [2.45, 2.75) is 173 Å². The molecule has 4 atom stereocenters. The predicted molar refractivity (Wildman–Crippen MR) is 218 cm³/mol. The van der Waals surface area contributed by atoms with Crippen LogP contribution in [0.4, 0.5) is 0 Å². The molecule has 2 nitrogen and oxygen atoms in total. The van der Waals surface area contributed by atoms with Gasteiger partial charge in [-0.3, -0.25) is 0 Å². The first kappa shape index (κ1) is 41.7. The minimum absolute atomic E-state index is 0.156. The van der Waals surface area contributed by atoms with E-state index in [9.17, 15) is 10.2 Å². The molecule has 0 spiro atoms. The highest BCUT2D eigenvalue weighted by Gasteiger charge is 2.31. The minimum atomic E-state index is -0.156. The summed E-state index contributed by atoms with van der Waals surface area (Å²) in [4.78, 5) is 0. The fourth-order valence-corrected chi connectivity index (χ4v) is 7.81. The monoisotopic (exact) mass is 683 g/mol. The first-order chi connectivity index (χ1) is 22.7. The number of aromatic hydroxyl groups is 2. The van der Waals surface area contributed by atoms with E-state index in [0.717, 1.165) is 36.8 Å². The Bertz CT molecular complexity index is 1480. The van der Waals surface area contributed by atoms with Crippen molar-refractivity contribution in [3.8, 4) is 11.5 Å². The van der Waals surface area contributed by atoms with Gasteiger partial charge in [0, 0.05) is 11.8 Å². The van der Waals surface area contributed by atoms with E-state index in [1.165, 1.54) is 44.5 Å². The van der Waals surface area contributed by atoms with Gasteiger partial charge in [0.1, 0.15) is 11.5 Å². The van der Waals surface area contributed by atoms with E-state index in [-0.39, 0.29) is 33.5 Å². The Labute approximate surface area is 308 Å². The molecule has 4 unspecified atom stereocenters. The molecule has 278 valence electrons. The van der Waals surface area contributed by atoms with Gasteiger partial charge in [-0.2, -0.15) is 0 Å². The molecule has 0 saturated carbocycles. The van der Waals surface area contributed by atoms with Crippen LogP contribution in [0.5, 0.6) is 11.5 Å². The Kier molecular flexibility index (Phi) is 12.6. The molecule has 0 fully saturated rings. The zero-order chi connectivity index (χ0) is 38.3. The molecule has 0 heterocycles. The Balaban J connectivity index is 2.33. The van der Waals surface area contributed by atoms with Crippen LogP contribution in [0.3, 0.4) is 0 Å². The van der Waals surface area contributed by atoms with Gasteiger partial charge in [-0.25, -0.2) is 0 Å². The van der Waals surface area contributed by atoms with Crippen LogP contribution in [-0.4, -0.2) is 10.2 Å². The molecule has 0 aliphatic carbocycles. The third kappa shape index (κ3) is 9.37. The van der Waals surface area contributed by atoms with Gasteiger partial charge in [0.2, 0.25) is 0 Å². The Hall–Kier alpha value is -2.74. The smallest absolute Gasteiger partial charge is 0.119 e. The Morgan fingerprint density at radius 3 is 0.980 bits per heavy atom. The molecule has 3 aromatic rings. The molecule has 2 heteroatoms. The van der Waals surface area contributed by atoms with Crippen LogP contribution in [-0.2, 0) is 10.8 Å². The molecular weight excluding hydrogens is 609 g/mol. The molecule has 0 saturated heterocycles. The van der Waals surface area contributed by atoms with Crippen LogP contribution in [0.2, 0.25) is 0 Å². The molecule has 0 aliphatic heterocycles. The van der Waals surface area contributed by atoms with Crippen molar-refractivity contribution in [2.24, 2.45) is 22.7 Å². The molecule has 0 aromatic heterocycles. The zero-order valence-corrected chi connectivity index (χ0v) is 35.5. The van der Waals surface area contributed by atoms with Gasteiger partial charge in [0.25, 0.3) is 0 Å². The molecule has 0 radical (unpaired) electrons. The van der Waals surface area contributed by atoms with Gasteiger partial charge in [0.15, 0.2) is 0 Å². The summed E-state index contributed by atoms with van der Waals surface area (Å²) in [5.74, 6) is 2.38. The molecule has 3 aromatic carbocycles. The van der Waals surface area contributed by atoms with Gasteiger partial charge in [0.05, 0.1) is 0 Å². The third-order valence-corrected chi connectivity index (χ3v) is 12.6. The summed E-state index contributed by atoms with van der Waals surface area (Å²) in [5, 5.41) is 21.9. The highest BCUT2D eigenvalue weighted by Crippen LogP contribution is 2.47. The Morgan fingerprint density at radius 1 is 0.460 bits per heavy atom. The van der Waals surface area contributed by atoms with Crippen LogP contribution < -0.4 is 0 Å². The van der Waals surface area contributed by atoms with E-state index in [0.29, 0.717) is 23.3 Å². The van der Waals surface area contributed by atoms with E-state index in [1.807, 2.05) is 12.1 Å². The van der Waals surface area contributed by atoms with Crippen molar-refractivity contribution in [2.75, 3.05) is 0 Å². The number of phenols is 2. The molecular formula is C48H74O2. The lowest BCUT2D eigenvalue weighted by Gasteiger charge is -2.34. The molecule has 0 aliphatic rings. The summed E-state index contributed by atoms with van der Waals surface area (Å²) in [5.41, 5.74) is 13.3. The summed E-state index contributed by atoms with van der Waals surface area (Å²) in [7, 11) is 0. The zero-order valence-electron chi connectivity index (χ0n) is 35.5. The molecule has 0 bridgehead atoms. The Morgan fingerprint density at radius 2 is 0.740 bits per heavy atom. The highest BCUT2D eigenvalue weighted by molar-refractivity contribution is 5.58. The molecule has 0 amide bonds. The van der Waals surface area contributed by atoms with Gasteiger partial charge in [-0.05, 0) is 155 Å². The van der Waals surface area contributed by atoms with Crippen LogP contribution in [0.15, 0.2) is 36.4 Å². The average Bonchev–Trinajstić information content (AvgIpc) is 2.97. The van der Waals surface area contributed by atoms with Gasteiger partial charge >= 0.3 is 0 Å². The van der Waals surface area contributed by atoms with Gasteiger partial charge in [-0.15, -0.1) is 0 Å². The summed E-state index contributed by atoms with van der Waals surface area (Å²) >= 11 is 0. The molecule has 3 rings (SSSR count). The maximum Gasteiger partial charge on any atom is 0.119 e. The van der Waals surface area contributed by atoms with E-state index in [4.69, 9.17) is 0 Å². The van der Waals surface area contributed by atoms with E-state index in [2.05, 4.69) is 149 Å². The van der Waals surface area contributed by atoms with Crippen LogP contribution >= 0.6 is 0 Å². The molecule has 50 heavy (non-hydrogen) atoms. The topological polar surface area (TPSA) is 40.5 Å². The summed E-state index contributed by atoms with van der Waals surface area (Å²) in [6.45, 7) is 41.6. The lowest BCUT2D eigenvalue weighted by molar-refractivity contribution is 0.239. The van der Waals surface area contributed by atoms with Crippen LogP contribution in [0, 0.1) is 50.4 Å². The van der Waals surface area contributed by atoms with Crippen LogP contribution in [0.1, 0.15) is 190 Å².